The van der Waals surface area contributed by atoms with Crippen LogP contribution in [0.15, 0.2) is 42.7 Å². The lowest BCUT2D eigenvalue weighted by molar-refractivity contribution is -0.133. The molecule has 1 aliphatic carbocycles. The van der Waals surface area contributed by atoms with Crippen molar-refractivity contribution >= 4 is 40.9 Å². The van der Waals surface area contributed by atoms with Gasteiger partial charge in [-0.25, -0.2) is 0 Å². The molecule has 244 valence electrons. The van der Waals surface area contributed by atoms with Gasteiger partial charge in [0.25, 0.3) is 11.8 Å². The maximum atomic E-state index is 13.4. The number of ether oxygens (including phenoxy) is 2. The van der Waals surface area contributed by atoms with E-state index in [9.17, 15) is 24.0 Å². The Labute approximate surface area is 276 Å². The van der Waals surface area contributed by atoms with Gasteiger partial charge < -0.3 is 14.4 Å². The van der Waals surface area contributed by atoms with Crippen LogP contribution in [0.25, 0.3) is 0 Å². The SMILES string of the molecule is O=C1CCC(N2C(=O)c3cccc(CCc4cnn(C5CCN(C(=O)Cc6ccc7c(c6Cl)OCCCO7)CC5)c4)c3C2=O)C(=O)C1. The number of amides is 3. The summed E-state index contributed by atoms with van der Waals surface area (Å²) in [4.78, 5) is 67.0. The third kappa shape index (κ3) is 6.04. The third-order valence-electron chi connectivity index (χ3n) is 9.59. The fourth-order valence-electron chi connectivity index (χ4n) is 7.02. The number of imide groups is 1. The standard InChI is InChI=1S/C35H35ClN4O7/c36-32-23(7-10-29-33(32)47-16-2-15-46-29)17-30(43)38-13-11-24(12-14-38)39-20-21(19-37-39)5-6-22-3-1-4-26-31(22)35(45)40(34(26)44)27-9-8-25(41)18-28(27)42/h1,3-4,7,10,19-20,24,27H,2,5-6,8-9,11-18H2. The quantitative estimate of drug-likeness (QED) is 0.273. The molecule has 4 aliphatic rings. The minimum Gasteiger partial charge on any atom is -0.490 e. The van der Waals surface area contributed by atoms with Crippen molar-refractivity contribution < 1.29 is 33.4 Å². The molecule has 0 bridgehead atoms. The molecule has 1 atom stereocenters. The molecule has 1 aromatic heterocycles. The number of hydrogen-bond donors (Lipinski definition) is 0. The Kier molecular flexibility index (Phi) is 8.57. The van der Waals surface area contributed by atoms with Crippen molar-refractivity contribution in [2.24, 2.45) is 0 Å². The van der Waals surface area contributed by atoms with E-state index >= 15 is 0 Å². The predicted octanol–water partition coefficient (Wildman–Crippen LogP) is 4.18. The Bertz CT molecular complexity index is 1780. The summed E-state index contributed by atoms with van der Waals surface area (Å²) in [7, 11) is 0. The first-order valence-corrected chi connectivity index (χ1v) is 16.6. The Hall–Kier alpha value is -4.51. The van der Waals surface area contributed by atoms with Crippen molar-refractivity contribution in [3.8, 4) is 11.5 Å². The first-order valence-electron chi connectivity index (χ1n) is 16.2. The van der Waals surface area contributed by atoms with Gasteiger partial charge >= 0.3 is 0 Å². The normalized spacial score (nSPS) is 20.1. The number of likely N-dealkylation sites (tertiary alicyclic amines) is 1. The van der Waals surface area contributed by atoms with Gasteiger partial charge in [-0.2, -0.15) is 5.10 Å². The van der Waals surface area contributed by atoms with E-state index in [1.807, 2.05) is 40.2 Å². The van der Waals surface area contributed by atoms with Gasteiger partial charge in [-0.1, -0.05) is 29.8 Å². The maximum absolute atomic E-state index is 13.4. The summed E-state index contributed by atoms with van der Waals surface area (Å²) in [5.74, 6) is -0.325. The summed E-state index contributed by atoms with van der Waals surface area (Å²) in [6, 6.07) is 8.15. The molecule has 7 rings (SSSR count). The Balaban J connectivity index is 0.947. The van der Waals surface area contributed by atoms with Crippen molar-refractivity contribution in [1.82, 2.24) is 19.6 Å². The number of Topliss-reactive ketones (excluding diaryl/α,β-unsaturated/α-hetero) is 2. The molecule has 3 amide bonds. The topological polar surface area (TPSA) is 128 Å². The zero-order valence-corrected chi connectivity index (χ0v) is 26.7. The fourth-order valence-corrected chi connectivity index (χ4v) is 7.29. The molecule has 47 heavy (non-hydrogen) atoms. The lowest BCUT2D eigenvalue weighted by atomic mass is 9.92. The van der Waals surface area contributed by atoms with Gasteiger partial charge in [0.1, 0.15) is 5.78 Å². The number of halogens is 1. The number of aryl methyl sites for hydroxylation is 2. The Morgan fingerprint density at radius 1 is 0.936 bits per heavy atom. The van der Waals surface area contributed by atoms with Crippen molar-refractivity contribution in [2.45, 2.75) is 69.9 Å². The van der Waals surface area contributed by atoms with Gasteiger partial charge in [0.2, 0.25) is 5.91 Å². The van der Waals surface area contributed by atoms with Crippen LogP contribution in [-0.4, -0.2) is 81.2 Å². The van der Waals surface area contributed by atoms with Crippen LogP contribution in [0, 0.1) is 0 Å². The number of piperidine rings is 1. The highest BCUT2D eigenvalue weighted by Gasteiger charge is 2.45. The number of hydrogen-bond acceptors (Lipinski definition) is 8. The van der Waals surface area contributed by atoms with Crippen LogP contribution in [0.1, 0.15) is 82.0 Å². The van der Waals surface area contributed by atoms with Crippen LogP contribution < -0.4 is 9.47 Å². The number of nitrogens with zero attached hydrogens (tertiary/aromatic N) is 4. The van der Waals surface area contributed by atoms with E-state index in [4.69, 9.17) is 21.1 Å². The second-order valence-corrected chi connectivity index (χ2v) is 13.0. The lowest BCUT2D eigenvalue weighted by Crippen LogP contribution is -2.47. The van der Waals surface area contributed by atoms with Gasteiger partial charge in [-0.3, -0.25) is 33.6 Å². The van der Waals surface area contributed by atoms with Gasteiger partial charge in [0, 0.05) is 32.1 Å². The lowest BCUT2D eigenvalue weighted by Gasteiger charge is -2.32. The number of aromatic nitrogens is 2. The molecule has 3 aliphatic heterocycles. The Morgan fingerprint density at radius 2 is 1.74 bits per heavy atom. The number of carbonyl (C=O) groups is 5. The second kappa shape index (κ2) is 12.9. The zero-order chi connectivity index (χ0) is 32.7. The number of benzene rings is 2. The van der Waals surface area contributed by atoms with Gasteiger partial charge in [-0.05, 0) is 60.9 Å². The van der Waals surface area contributed by atoms with Crippen molar-refractivity contribution in [2.75, 3.05) is 26.3 Å². The summed E-state index contributed by atoms with van der Waals surface area (Å²) in [5, 5.41) is 5.05. The molecule has 1 unspecified atom stereocenters. The number of ketones is 2. The van der Waals surface area contributed by atoms with Gasteiger partial charge in [0.05, 0.1) is 60.5 Å². The first-order chi connectivity index (χ1) is 22.8. The molecule has 4 heterocycles. The summed E-state index contributed by atoms with van der Waals surface area (Å²) in [6.07, 6.45) is 7.61. The van der Waals surface area contributed by atoms with Crippen LogP contribution in [-0.2, 0) is 33.6 Å². The van der Waals surface area contributed by atoms with E-state index in [2.05, 4.69) is 5.10 Å². The molecule has 1 saturated heterocycles. The molecular weight excluding hydrogens is 624 g/mol. The molecule has 2 fully saturated rings. The Morgan fingerprint density at radius 3 is 2.55 bits per heavy atom. The number of fused-ring (bicyclic) bond motifs is 2. The van der Waals surface area contributed by atoms with Crippen molar-refractivity contribution in [3.63, 3.8) is 0 Å². The predicted molar refractivity (Wildman–Crippen MR) is 170 cm³/mol. The highest BCUT2D eigenvalue weighted by molar-refractivity contribution is 6.33. The van der Waals surface area contributed by atoms with Crippen molar-refractivity contribution in [1.29, 1.82) is 0 Å². The number of rotatable bonds is 7. The van der Waals surface area contributed by atoms with E-state index in [0.29, 0.717) is 66.8 Å². The molecule has 1 saturated carbocycles. The summed E-state index contributed by atoms with van der Waals surface area (Å²) in [6.45, 7) is 2.32. The van der Waals surface area contributed by atoms with E-state index in [0.717, 1.165) is 40.9 Å². The van der Waals surface area contributed by atoms with E-state index < -0.39 is 17.9 Å². The van der Waals surface area contributed by atoms with Crippen LogP contribution in [0.4, 0.5) is 0 Å². The average molecular weight is 659 g/mol. The third-order valence-corrected chi connectivity index (χ3v) is 10.0. The maximum Gasteiger partial charge on any atom is 0.262 e. The summed E-state index contributed by atoms with van der Waals surface area (Å²) in [5.41, 5.74) is 3.12. The second-order valence-electron chi connectivity index (χ2n) is 12.6. The highest BCUT2D eigenvalue weighted by Crippen LogP contribution is 2.39. The molecule has 0 N–H and O–H groups in total. The summed E-state index contributed by atoms with van der Waals surface area (Å²) < 4.78 is 13.4. The van der Waals surface area contributed by atoms with Crippen molar-refractivity contribution in [3.05, 3.63) is 75.6 Å². The minimum atomic E-state index is -0.886. The molecule has 12 heteroatoms. The largest absolute Gasteiger partial charge is 0.490 e. The van der Waals surface area contributed by atoms with Crippen LogP contribution in [0.2, 0.25) is 5.02 Å². The number of carbonyl (C=O) groups excluding carboxylic acids is 5. The first kappa shape index (κ1) is 31.1. The smallest absolute Gasteiger partial charge is 0.262 e. The zero-order valence-electron chi connectivity index (χ0n) is 25.9. The monoisotopic (exact) mass is 658 g/mol. The molecule has 11 nitrogen and oxygen atoms in total. The molecular formula is C35H35ClN4O7. The molecule has 0 spiro atoms. The van der Waals surface area contributed by atoms with E-state index in [-0.39, 0.29) is 49.2 Å². The van der Waals surface area contributed by atoms with E-state index in [1.54, 1.807) is 12.1 Å². The highest BCUT2D eigenvalue weighted by atomic mass is 35.5. The average Bonchev–Trinajstić information content (AvgIpc) is 3.54. The minimum absolute atomic E-state index is 0.0179. The van der Waals surface area contributed by atoms with Gasteiger partial charge in [-0.15, -0.1) is 0 Å². The molecule has 2 aromatic carbocycles. The van der Waals surface area contributed by atoms with Crippen LogP contribution >= 0.6 is 11.6 Å². The summed E-state index contributed by atoms with van der Waals surface area (Å²) >= 11 is 6.60. The molecule has 0 radical (unpaired) electrons. The molecule has 3 aromatic rings. The van der Waals surface area contributed by atoms with Gasteiger partial charge in [0.15, 0.2) is 17.3 Å². The van der Waals surface area contributed by atoms with E-state index in [1.165, 1.54) is 0 Å². The van der Waals surface area contributed by atoms with Crippen LogP contribution in [0.3, 0.4) is 0 Å². The van der Waals surface area contributed by atoms with Crippen LogP contribution in [0.5, 0.6) is 11.5 Å². The fraction of sp³-hybridized carbons (Fsp3) is 0.429.